The standard InChI is InChI=1S/C15H19NO3/c1-10(15(18)19)16-9-14(17)13-7-6-11-4-2-3-5-12(11)8-13/h6-8,10,16H,2-5,9H2,1H3,(H,18,19). The van der Waals surface area contributed by atoms with Gasteiger partial charge < -0.3 is 5.11 Å². The molecule has 0 radical (unpaired) electrons. The maximum absolute atomic E-state index is 12.0. The average molecular weight is 261 g/mol. The molecule has 1 aromatic carbocycles. The fourth-order valence-electron chi connectivity index (χ4n) is 2.34. The number of Topliss-reactive ketones (excluding diaryl/α,β-unsaturated/α-hetero) is 1. The summed E-state index contributed by atoms with van der Waals surface area (Å²) < 4.78 is 0. The average Bonchev–Trinajstić information content (AvgIpc) is 2.43. The van der Waals surface area contributed by atoms with Crippen molar-refractivity contribution < 1.29 is 14.7 Å². The molecule has 0 fully saturated rings. The van der Waals surface area contributed by atoms with Crippen LogP contribution in [0.15, 0.2) is 18.2 Å². The molecular weight excluding hydrogens is 242 g/mol. The first-order chi connectivity index (χ1) is 9.08. The van der Waals surface area contributed by atoms with Crippen molar-refractivity contribution in [1.82, 2.24) is 5.32 Å². The van der Waals surface area contributed by atoms with Crippen LogP contribution in [0, 0.1) is 0 Å². The van der Waals surface area contributed by atoms with Gasteiger partial charge in [-0.05, 0) is 49.8 Å². The molecule has 1 atom stereocenters. The molecule has 4 nitrogen and oxygen atoms in total. The number of carbonyl (C=O) groups excluding carboxylic acids is 1. The summed E-state index contributed by atoms with van der Waals surface area (Å²) in [7, 11) is 0. The third kappa shape index (κ3) is 3.41. The summed E-state index contributed by atoms with van der Waals surface area (Å²) in [5.41, 5.74) is 3.28. The van der Waals surface area contributed by atoms with Crippen LogP contribution in [0.3, 0.4) is 0 Å². The third-order valence-corrected chi connectivity index (χ3v) is 3.61. The van der Waals surface area contributed by atoms with Crippen molar-refractivity contribution in [2.24, 2.45) is 0 Å². The molecule has 1 aliphatic rings. The van der Waals surface area contributed by atoms with E-state index in [9.17, 15) is 9.59 Å². The lowest BCUT2D eigenvalue weighted by Gasteiger charge is -2.16. The maximum atomic E-state index is 12.0. The van der Waals surface area contributed by atoms with Crippen molar-refractivity contribution in [1.29, 1.82) is 0 Å². The van der Waals surface area contributed by atoms with E-state index in [4.69, 9.17) is 5.11 Å². The monoisotopic (exact) mass is 261 g/mol. The summed E-state index contributed by atoms with van der Waals surface area (Å²) in [6.07, 6.45) is 4.53. The van der Waals surface area contributed by atoms with Crippen LogP contribution in [-0.2, 0) is 17.6 Å². The lowest BCUT2D eigenvalue weighted by atomic mass is 9.90. The molecule has 0 aromatic heterocycles. The summed E-state index contributed by atoms with van der Waals surface area (Å²) in [5.74, 6) is -1.00. The van der Waals surface area contributed by atoms with Crippen molar-refractivity contribution in [2.75, 3.05) is 6.54 Å². The van der Waals surface area contributed by atoms with Crippen LogP contribution >= 0.6 is 0 Å². The van der Waals surface area contributed by atoms with Crippen molar-refractivity contribution in [3.05, 3.63) is 34.9 Å². The molecule has 2 rings (SSSR count). The Kier molecular flexibility index (Phi) is 4.32. The Morgan fingerprint density at radius 2 is 1.95 bits per heavy atom. The molecule has 0 spiro atoms. The van der Waals surface area contributed by atoms with Crippen LogP contribution in [0.25, 0.3) is 0 Å². The number of carbonyl (C=O) groups is 2. The van der Waals surface area contributed by atoms with Gasteiger partial charge in [-0.3, -0.25) is 14.9 Å². The normalized spacial score (nSPS) is 15.6. The van der Waals surface area contributed by atoms with Gasteiger partial charge in [0.1, 0.15) is 6.04 Å². The van der Waals surface area contributed by atoms with Gasteiger partial charge in [0.15, 0.2) is 5.78 Å². The molecule has 1 unspecified atom stereocenters. The zero-order valence-electron chi connectivity index (χ0n) is 11.1. The molecule has 102 valence electrons. The Labute approximate surface area is 112 Å². The molecule has 0 saturated carbocycles. The number of nitrogens with one attached hydrogen (secondary N) is 1. The van der Waals surface area contributed by atoms with Crippen LogP contribution in [0.2, 0.25) is 0 Å². The molecular formula is C15H19NO3. The molecule has 2 N–H and O–H groups in total. The van der Waals surface area contributed by atoms with Crippen LogP contribution in [0.1, 0.15) is 41.3 Å². The molecule has 0 amide bonds. The highest BCUT2D eigenvalue weighted by molar-refractivity contribution is 5.98. The Morgan fingerprint density at radius 1 is 1.26 bits per heavy atom. The zero-order chi connectivity index (χ0) is 13.8. The smallest absolute Gasteiger partial charge is 0.320 e. The molecule has 1 aliphatic carbocycles. The van der Waals surface area contributed by atoms with Gasteiger partial charge in [-0.25, -0.2) is 0 Å². The van der Waals surface area contributed by atoms with E-state index in [2.05, 4.69) is 5.32 Å². The number of hydrogen-bond donors (Lipinski definition) is 2. The van der Waals surface area contributed by atoms with Gasteiger partial charge in [0, 0.05) is 5.56 Å². The highest BCUT2D eigenvalue weighted by Gasteiger charge is 2.15. The first-order valence-electron chi connectivity index (χ1n) is 6.69. The van der Waals surface area contributed by atoms with Crippen molar-refractivity contribution in [2.45, 2.75) is 38.6 Å². The van der Waals surface area contributed by atoms with E-state index in [0.717, 1.165) is 12.8 Å². The van der Waals surface area contributed by atoms with Crippen molar-refractivity contribution >= 4 is 11.8 Å². The number of ketones is 1. The highest BCUT2D eigenvalue weighted by Crippen LogP contribution is 2.22. The minimum absolute atomic E-state index is 0.0542. The van der Waals surface area contributed by atoms with Crippen LogP contribution in [0.4, 0.5) is 0 Å². The van der Waals surface area contributed by atoms with Crippen molar-refractivity contribution in [3.63, 3.8) is 0 Å². The quantitative estimate of drug-likeness (QED) is 0.793. The van der Waals surface area contributed by atoms with E-state index < -0.39 is 12.0 Å². The largest absolute Gasteiger partial charge is 0.480 e. The van der Waals surface area contributed by atoms with Gasteiger partial charge in [0.05, 0.1) is 6.54 Å². The first kappa shape index (κ1) is 13.7. The van der Waals surface area contributed by atoms with Crippen molar-refractivity contribution in [3.8, 4) is 0 Å². The lowest BCUT2D eigenvalue weighted by Crippen LogP contribution is -2.37. The van der Waals surface area contributed by atoms with Crippen LogP contribution in [-0.4, -0.2) is 29.4 Å². The second-order valence-corrected chi connectivity index (χ2v) is 5.05. The molecule has 1 aromatic rings. The van der Waals surface area contributed by atoms with E-state index in [0.29, 0.717) is 5.56 Å². The topological polar surface area (TPSA) is 66.4 Å². The fourth-order valence-corrected chi connectivity index (χ4v) is 2.34. The minimum atomic E-state index is -0.946. The number of carboxylic acid groups (broad SMARTS) is 1. The van der Waals surface area contributed by atoms with E-state index >= 15 is 0 Å². The van der Waals surface area contributed by atoms with Gasteiger partial charge in [-0.1, -0.05) is 12.1 Å². The minimum Gasteiger partial charge on any atom is -0.480 e. The van der Waals surface area contributed by atoms with Gasteiger partial charge in [-0.2, -0.15) is 0 Å². The summed E-state index contributed by atoms with van der Waals surface area (Å²) >= 11 is 0. The first-order valence-corrected chi connectivity index (χ1v) is 6.69. The number of aliphatic carboxylic acids is 1. The molecule has 0 heterocycles. The van der Waals surface area contributed by atoms with Gasteiger partial charge in [-0.15, -0.1) is 0 Å². The number of aryl methyl sites for hydroxylation is 2. The number of fused-ring (bicyclic) bond motifs is 1. The Balaban J connectivity index is 2.01. The Hall–Kier alpha value is -1.68. The number of rotatable bonds is 5. The highest BCUT2D eigenvalue weighted by atomic mass is 16.4. The van der Waals surface area contributed by atoms with E-state index in [1.54, 1.807) is 0 Å². The molecule has 0 bridgehead atoms. The second kappa shape index (κ2) is 5.97. The van der Waals surface area contributed by atoms with Gasteiger partial charge in [0.25, 0.3) is 0 Å². The summed E-state index contributed by atoms with van der Waals surface area (Å²) in [4.78, 5) is 22.7. The third-order valence-electron chi connectivity index (χ3n) is 3.61. The summed E-state index contributed by atoms with van der Waals surface area (Å²) in [5, 5.41) is 11.5. The SMILES string of the molecule is CC(NCC(=O)c1ccc2c(c1)CCCC2)C(=O)O. The summed E-state index contributed by atoms with van der Waals surface area (Å²) in [6, 6.07) is 5.13. The zero-order valence-corrected chi connectivity index (χ0v) is 11.1. The number of benzene rings is 1. The number of hydrogen-bond acceptors (Lipinski definition) is 3. The van der Waals surface area contributed by atoms with E-state index in [-0.39, 0.29) is 12.3 Å². The molecule has 4 heteroatoms. The summed E-state index contributed by atoms with van der Waals surface area (Å²) in [6.45, 7) is 1.59. The van der Waals surface area contributed by atoms with E-state index in [1.807, 2.05) is 18.2 Å². The predicted octanol–water partition coefficient (Wildman–Crippen LogP) is 1.81. The van der Waals surface area contributed by atoms with E-state index in [1.165, 1.54) is 30.9 Å². The molecule has 19 heavy (non-hydrogen) atoms. The van der Waals surface area contributed by atoms with Gasteiger partial charge in [0.2, 0.25) is 0 Å². The molecule has 0 aliphatic heterocycles. The second-order valence-electron chi connectivity index (χ2n) is 5.05. The van der Waals surface area contributed by atoms with Crippen LogP contribution in [0.5, 0.6) is 0 Å². The fraction of sp³-hybridized carbons (Fsp3) is 0.467. The number of carboxylic acids is 1. The Bertz CT molecular complexity index is 496. The van der Waals surface area contributed by atoms with Gasteiger partial charge >= 0.3 is 5.97 Å². The Morgan fingerprint density at radius 3 is 2.63 bits per heavy atom. The predicted molar refractivity (Wildman–Crippen MR) is 72.5 cm³/mol. The van der Waals surface area contributed by atoms with Crippen LogP contribution < -0.4 is 5.32 Å². The lowest BCUT2D eigenvalue weighted by molar-refractivity contribution is -0.138. The molecule has 0 saturated heterocycles. The maximum Gasteiger partial charge on any atom is 0.320 e.